The molecule has 0 aromatic carbocycles. The van der Waals surface area contributed by atoms with E-state index in [4.69, 9.17) is 0 Å². The van der Waals surface area contributed by atoms with Gasteiger partial charge in [-0.05, 0) is 12.1 Å². The second kappa shape index (κ2) is 4.44. The fourth-order valence-electron chi connectivity index (χ4n) is 1.05. The number of carbonyl (C=O) groups excluding carboxylic acids is 1. The van der Waals surface area contributed by atoms with E-state index in [9.17, 15) is 26.4 Å². The number of nitrogens with zero attached hydrogens (tertiary/aromatic N) is 1. The Morgan fingerprint density at radius 1 is 1.35 bits per heavy atom. The largest absolute Gasteiger partial charge is 0.433 e. The Balaban J connectivity index is 2.93. The fraction of sp³-hybridized carbons (Fsp3) is 0.333. The highest BCUT2D eigenvalue weighted by Gasteiger charge is 2.32. The van der Waals surface area contributed by atoms with Crippen molar-refractivity contribution in [1.29, 1.82) is 0 Å². The van der Waals surface area contributed by atoms with Crippen molar-refractivity contribution in [3.8, 4) is 0 Å². The Morgan fingerprint density at radius 2 is 1.94 bits per heavy atom. The molecule has 0 aliphatic heterocycles. The molecule has 0 saturated heterocycles. The molecule has 0 aliphatic rings. The van der Waals surface area contributed by atoms with Crippen LogP contribution in [-0.4, -0.2) is 31.2 Å². The van der Waals surface area contributed by atoms with Crippen LogP contribution in [0.5, 0.6) is 0 Å². The minimum absolute atomic E-state index is 0.163. The van der Waals surface area contributed by atoms with E-state index in [1.807, 2.05) is 0 Å². The van der Waals surface area contributed by atoms with Gasteiger partial charge >= 0.3 is 6.18 Å². The number of sulfone groups is 1. The molecule has 94 valence electrons. The van der Waals surface area contributed by atoms with Gasteiger partial charge in [0.2, 0.25) is 0 Å². The number of rotatable bonds is 3. The maximum atomic E-state index is 12.1. The summed E-state index contributed by atoms with van der Waals surface area (Å²) >= 11 is 0. The number of ketones is 1. The van der Waals surface area contributed by atoms with Crippen molar-refractivity contribution >= 4 is 15.6 Å². The molecule has 0 spiro atoms. The van der Waals surface area contributed by atoms with Gasteiger partial charge < -0.3 is 0 Å². The number of hydrogen-bond donors (Lipinski definition) is 0. The Labute approximate surface area is 95.4 Å². The Hall–Kier alpha value is -1.44. The van der Waals surface area contributed by atoms with Gasteiger partial charge in [-0.1, -0.05) is 0 Å². The average Bonchev–Trinajstić information content (AvgIpc) is 2.14. The summed E-state index contributed by atoms with van der Waals surface area (Å²) in [6, 6.07) is 1.54. The summed E-state index contributed by atoms with van der Waals surface area (Å²) in [6.45, 7) is 0. The van der Waals surface area contributed by atoms with Gasteiger partial charge in [-0.25, -0.2) is 8.42 Å². The first-order chi connectivity index (χ1) is 7.59. The average molecular weight is 267 g/mol. The molecule has 0 aliphatic carbocycles. The second-order valence-electron chi connectivity index (χ2n) is 3.42. The van der Waals surface area contributed by atoms with Crippen molar-refractivity contribution in [2.75, 3.05) is 12.0 Å². The highest BCUT2D eigenvalue weighted by molar-refractivity contribution is 7.91. The number of alkyl halides is 3. The second-order valence-corrected chi connectivity index (χ2v) is 5.56. The number of pyridine rings is 1. The van der Waals surface area contributed by atoms with Crippen molar-refractivity contribution in [3.63, 3.8) is 0 Å². The molecular formula is C9H8F3NO3S. The molecule has 0 N–H and O–H groups in total. The molecule has 1 rings (SSSR count). The van der Waals surface area contributed by atoms with Gasteiger partial charge in [-0.15, -0.1) is 0 Å². The first-order valence-electron chi connectivity index (χ1n) is 4.34. The molecule has 0 amide bonds. The van der Waals surface area contributed by atoms with Gasteiger partial charge in [-0.3, -0.25) is 9.78 Å². The lowest BCUT2D eigenvalue weighted by molar-refractivity contribution is -0.141. The standard InChI is InChI=1S/C9H8F3NO3S/c1-17(15,16)5-7(14)6-2-3-8(13-4-6)9(10,11)12/h2-4H,5H2,1H3. The SMILES string of the molecule is CS(=O)(=O)CC(=O)c1ccc(C(F)(F)F)nc1. The van der Waals surface area contributed by atoms with Crippen molar-refractivity contribution in [2.45, 2.75) is 6.18 Å². The number of halogens is 3. The first kappa shape index (κ1) is 13.6. The van der Waals surface area contributed by atoms with E-state index >= 15 is 0 Å². The lowest BCUT2D eigenvalue weighted by Gasteiger charge is -2.05. The molecule has 1 heterocycles. The van der Waals surface area contributed by atoms with E-state index in [-0.39, 0.29) is 5.56 Å². The van der Waals surface area contributed by atoms with E-state index in [1.54, 1.807) is 0 Å². The van der Waals surface area contributed by atoms with Crippen LogP contribution < -0.4 is 0 Å². The van der Waals surface area contributed by atoms with Crippen LogP contribution >= 0.6 is 0 Å². The zero-order chi connectivity index (χ0) is 13.3. The summed E-state index contributed by atoms with van der Waals surface area (Å²) in [6.07, 6.45) is -3.00. The topological polar surface area (TPSA) is 64.1 Å². The molecule has 0 fully saturated rings. The summed E-state index contributed by atoms with van der Waals surface area (Å²) in [5.41, 5.74) is -1.29. The monoisotopic (exact) mass is 267 g/mol. The quantitative estimate of drug-likeness (QED) is 0.775. The molecule has 0 bridgehead atoms. The predicted octanol–water partition coefficient (Wildman–Crippen LogP) is 1.33. The normalized spacial score (nSPS) is 12.5. The lowest BCUT2D eigenvalue weighted by Crippen LogP contribution is -2.15. The summed E-state index contributed by atoms with van der Waals surface area (Å²) in [5, 5.41) is 0. The molecule has 0 unspecified atom stereocenters. The number of aromatic nitrogens is 1. The van der Waals surface area contributed by atoms with E-state index < -0.39 is 33.2 Å². The third-order valence-electron chi connectivity index (χ3n) is 1.77. The molecule has 0 atom stereocenters. The number of hydrogen-bond acceptors (Lipinski definition) is 4. The van der Waals surface area contributed by atoms with Crippen LogP contribution in [0.25, 0.3) is 0 Å². The lowest BCUT2D eigenvalue weighted by atomic mass is 10.2. The Bertz CT molecular complexity index is 519. The van der Waals surface area contributed by atoms with Crippen molar-refractivity contribution < 1.29 is 26.4 Å². The minimum Gasteiger partial charge on any atom is -0.293 e. The van der Waals surface area contributed by atoms with Gasteiger partial charge in [0.25, 0.3) is 0 Å². The fourth-order valence-corrected chi connectivity index (χ4v) is 1.69. The van der Waals surface area contributed by atoms with Crippen LogP contribution in [0.2, 0.25) is 0 Å². The van der Waals surface area contributed by atoms with E-state index in [0.717, 1.165) is 18.5 Å². The molecule has 8 heteroatoms. The van der Waals surface area contributed by atoms with E-state index in [2.05, 4.69) is 4.98 Å². The Morgan fingerprint density at radius 3 is 2.29 bits per heavy atom. The molecule has 1 aromatic heterocycles. The third-order valence-corrected chi connectivity index (χ3v) is 2.56. The van der Waals surface area contributed by atoms with E-state index in [0.29, 0.717) is 6.07 Å². The summed E-state index contributed by atoms with van der Waals surface area (Å²) in [4.78, 5) is 14.4. The molecule has 4 nitrogen and oxygen atoms in total. The third kappa shape index (κ3) is 4.14. The van der Waals surface area contributed by atoms with Crippen LogP contribution in [-0.2, 0) is 16.0 Å². The predicted molar refractivity (Wildman–Crippen MR) is 53.3 cm³/mol. The van der Waals surface area contributed by atoms with Crippen LogP contribution in [0, 0.1) is 0 Å². The van der Waals surface area contributed by atoms with Gasteiger partial charge in [0.1, 0.15) is 11.4 Å². The van der Waals surface area contributed by atoms with Crippen molar-refractivity contribution in [2.24, 2.45) is 0 Å². The maximum Gasteiger partial charge on any atom is 0.433 e. The van der Waals surface area contributed by atoms with Gasteiger partial charge in [-0.2, -0.15) is 13.2 Å². The van der Waals surface area contributed by atoms with Gasteiger partial charge in [0, 0.05) is 18.0 Å². The molecular weight excluding hydrogens is 259 g/mol. The van der Waals surface area contributed by atoms with Gasteiger partial charge in [0.15, 0.2) is 15.6 Å². The first-order valence-corrected chi connectivity index (χ1v) is 6.40. The number of carbonyl (C=O) groups is 1. The molecule has 0 radical (unpaired) electrons. The van der Waals surface area contributed by atoms with Crippen LogP contribution in [0.15, 0.2) is 18.3 Å². The summed E-state index contributed by atoms with van der Waals surface area (Å²) in [5.74, 6) is -1.53. The van der Waals surface area contributed by atoms with Gasteiger partial charge in [0.05, 0.1) is 0 Å². The molecule has 0 saturated carbocycles. The number of Topliss-reactive ketones (excluding diaryl/α,β-unsaturated/α-hetero) is 1. The summed E-state index contributed by atoms with van der Waals surface area (Å²) in [7, 11) is -3.51. The highest BCUT2D eigenvalue weighted by Crippen LogP contribution is 2.27. The van der Waals surface area contributed by atoms with Crippen molar-refractivity contribution in [1.82, 2.24) is 4.98 Å². The van der Waals surface area contributed by atoms with Crippen LogP contribution in [0.3, 0.4) is 0 Å². The maximum absolute atomic E-state index is 12.1. The molecule has 17 heavy (non-hydrogen) atoms. The van der Waals surface area contributed by atoms with Crippen molar-refractivity contribution in [3.05, 3.63) is 29.6 Å². The van der Waals surface area contributed by atoms with Crippen LogP contribution in [0.1, 0.15) is 16.1 Å². The zero-order valence-electron chi connectivity index (χ0n) is 8.65. The minimum atomic E-state index is -4.58. The highest BCUT2D eigenvalue weighted by atomic mass is 32.2. The summed E-state index contributed by atoms with van der Waals surface area (Å²) < 4.78 is 58.1. The van der Waals surface area contributed by atoms with E-state index in [1.165, 1.54) is 0 Å². The smallest absolute Gasteiger partial charge is 0.293 e. The Kier molecular flexibility index (Phi) is 3.56. The van der Waals surface area contributed by atoms with Crippen LogP contribution in [0.4, 0.5) is 13.2 Å². The molecule has 1 aromatic rings. The zero-order valence-corrected chi connectivity index (χ0v) is 9.47.